The Bertz CT molecular complexity index is 340. The van der Waals surface area contributed by atoms with E-state index in [0.29, 0.717) is 17.5 Å². The number of thiocarbonyl (C=S) groups is 1. The molecule has 0 bridgehead atoms. The van der Waals surface area contributed by atoms with E-state index in [0.717, 1.165) is 5.56 Å². The number of rotatable bonds is 0. The summed E-state index contributed by atoms with van der Waals surface area (Å²) in [7, 11) is 0. The molecule has 0 fully saturated rings. The molecule has 4 heteroatoms. The van der Waals surface area contributed by atoms with Crippen molar-refractivity contribution in [2.24, 2.45) is 0 Å². The minimum Gasteiger partial charge on any atom is -0.432 e. The predicted molar refractivity (Wildman–Crippen MR) is 46.5 cm³/mol. The third-order valence-corrected chi connectivity index (χ3v) is 1.88. The zero-order valence-electron chi connectivity index (χ0n) is 6.13. The smallest absolute Gasteiger partial charge is 0.262 e. The maximum Gasteiger partial charge on any atom is 0.262 e. The first-order chi connectivity index (χ1) is 5.75. The zero-order chi connectivity index (χ0) is 8.55. The van der Waals surface area contributed by atoms with Gasteiger partial charge in [-0.2, -0.15) is 0 Å². The lowest BCUT2D eigenvalue weighted by Gasteiger charge is -2.18. The molecule has 1 aromatic rings. The lowest BCUT2D eigenvalue weighted by molar-refractivity contribution is 0.493. The molecular formula is C8H6FNOS. The largest absolute Gasteiger partial charge is 0.432 e. The predicted octanol–water partition coefficient (Wildman–Crippen LogP) is 1.59. The molecular weight excluding hydrogens is 177 g/mol. The molecule has 0 radical (unpaired) electrons. The van der Waals surface area contributed by atoms with Crippen LogP contribution in [-0.2, 0) is 6.54 Å². The summed E-state index contributed by atoms with van der Waals surface area (Å²) < 4.78 is 17.8. The Morgan fingerprint density at radius 3 is 3.17 bits per heavy atom. The number of benzene rings is 1. The van der Waals surface area contributed by atoms with Crippen molar-refractivity contribution in [3.63, 3.8) is 0 Å². The molecule has 1 N–H and O–H groups in total. The van der Waals surface area contributed by atoms with E-state index < -0.39 is 0 Å². The number of hydrogen-bond donors (Lipinski definition) is 1. The van der Waals surface area contributed by atoms with Gasteiger partial charge in [0.25, 0.3) is 5.17 Å². The van der Waals surface area contributed by atoms with Gasteiger partial charge < -0.3 is 10.1 Å². The lowest BCUT2D eigenvalue weighted by Crippen LogP contribution is -2.30. The summed E-state index contributed by atoms with van der Waals surface area (Å²) >= 11 is 4.79. The first-order valence-electron chi connectivity index (χ1n) is 3.50. The molecule has 0 aromatic heterocycles. The van der Waals surface area contributed by atoms with Crippen LogP contribution >= 0.6 is 12.2 Å². The molecule has 1 aliphatic heterocycles. The van der Waals surface area contributed by atoms with Crippen LogP contribution in [0.3, 0.4) is 0 Å². The van der Waals surface area contributed by atoms with Gasteiger partial charge in [0.2, 0.25) is 0 Å². The summed E-state index contributed by atoms with van der Waals surface area (Å²) in [6.45, 7) is 0.534. The van der Waals surface area contributed by atoms with E-state index in [4.69, 9.17) is 17.0 Å². The van der Waals surface area contributed by atoms with Crippen LogP contribution in [-0.4, -0.2) is 5.17 Å². The number of halogens is 1. The van der Waals surface area contributed by atoms with Gasteiger partial charge in [0.05, 0.1) is 0 Å². The Hall–Kier alpha value is -1.16. The lowest BCUT2D eigenvalue weighted by atomic mass is 10.2. The minimum atomic E-state index is -0.257. The van der Waals surface area contributed by atoms with Gasteiger partial charge in [-0.15, -0.1) is 0 Å². The van der Waals surface area contributed by atoms with Crippen molar-refractivity contribution in [1.29, 1.82) is 0 Å². The summed E-state index contributed by atoms with van der Waals surface area (Å²) in [6.07, 6.45) is 0. The first-order valence-corrected chi connectivity index (χ1v) is 3.90. The number of ether oxygens (including phenoxy) is 1. The van der Waals surface area contributed by atoms with Crippen LogP contribution in [0.4, 0.5) is 4.39 Å². The van der Waals surface area contributed by atoms with Crippen LogP contribution in [0.2, 0.25) is 0 Å². The van der Waals surface area contributed by atoms with Crippen LogP contribution < -0.4 is 10.1 Å². The minimum absolute atomic E-state index is 0.257. The highest BCUT2D eigenvalue weighted by Crippen LogP contribution is 2.22. The molecule has 0 unspecified atom stereocenters. The normalized spacial score (nSPS) is 14.6. The molecule has 1 aliphatic rings. The number of nitrogens with one attached hydrogen (secondary N) is 1. The van der Waals surface area contributed by atoms with Gasteiger partial charge >= 0.3 is 0 Å². The Kier molecular flexibility index (Phi) is 1.69. The molecule has 0 saturated carbocycles. The maximum atomic E-state index is 12.7. The van der Waals surface area contributed by atoms with Gasteiger partial charge in [0.1, 0.15) is 11.6 Å². The first kappa shape index (κ1) is 7.49. The summed E-state index contributed by atoms with van der Waals surface area (Å²) in [4.78, 5) is 0. The molecule has 0 saturated heterocycles. The Morgan fingerprint density at radius 1 is 1.50 bits per heavy atom. The van der Waals surface area contributed by atoms with Gasteiger partial charge in [-0.3, -0.25) is 0 Å². The van der Waals surface area contributed by atoms with E-state index in [9.17, 15) is 4.39 Å². The van der Waals surface area contributed by atoms with Crippen molar-refractivity contribution in [2.45, 2.75) is 6.54 Å². The summed E-state index contributed by atoms with van der Waals surface area (Å²) in [5.41, 5.74) is 0.795. The third kappa shape index (κ3) is 1.25. The van der Waals surface area contributed by atoms with Crippen LogP contribution in [0.25, 0.3) is 0 Å². The number of fused-ring (bicyclic) bond motifs is 1. The van der Waals surface area contributed by atoms with Crippen LogP contribution in [0, 0.1) is 5.82 Å². The average Bonchev–Trinajstić information content (AvgIpc) is 2.05. The van der Waals surface area contributed by atoms with Gasteiger partial charge in [-0.1, -0.05) is 0 Å². The molecule has 0 atom stereocenters. The van der Waals surface area contributed by atoms with Gasteiger partial charge in [0.15, 0.2) is 0 Å². The quantitative estimate of drug-likeness (QED) is 0.617. The Balaban J connectivity index is 2.43. The average molecular weight is 183 g/mol. The SMILES string of the molecule is Fc1ccc2c(c1)CNC(=S)O2. The molecule has 62 valence electrons. The van der Waals surface area contributed by atoms with E-state index in [2.05, 4.69) is 5.32 Å². The number of hydrogen-bond acceptors (Lipinski definition) is 2. The van der Waals surface area contributed by atoms with E-state index in [1.165, 1.54) is 12.1 Å². The van der Waals surface area contributed by atoms with Crippen molar-refractivity contribution in [2.75, 3.05) is 0 Å². The summed E-state index contributed by atoms with van der Waals surface area (Å²) in [6, 6.07) is 4.37. The van der Waals surface area contributed by atoms with E-state index >= 15 is 0 Å². The van der Waals surface area contributed by atoms with Crippen molar-refractivity contribution >= 4 is 17.4 Å². The maximum absolute atomic E-state index is 12.7. The summed E-state index contributed by atoms with van der Waals surface area (Å²) in [5, 5.41) is 3.15. The zero-order valence-corrected chi connectivity index (χ0v) is 6.95. The van der Waals surface area contributed by atoms with Crippen LogP contribution in [0.5, 0.6) is 5.75 Å². The molecule has 0 amide bonds. The highest BCUT2D eigenvalue weighted by Gasteiger charge is 2.13. The van der Waals surface area contributed by atoms with Crippen molar-refractivity contribution in [3.8, 4) is 5.75 Å². The van der Waals surface area contributed by atoms with E-state index in [1.807, 2.05) is 0 Å². The molecule has 2 rings (SSSR count). The van der Waals surface area contributed by atoms with Crippen molar-refractivity contribution in [3.05, 3.63) is 29.6 Å². The van der Waals surface area contributed by atoms with Crippen LogP contribution in [0.1, 0.15) is 5.56 Å². The van der Waals surface area contributed by atoms with Gasteiger partial charge in [-0.25, -0.2) is 4.39 Å². The fourth-order valence-electron chi connectivity index (χ4n) is 1.09. The van der Waals surface area contributed by atoms with Crippen molar-refractivity contribution < 1.29 is 9.13 Å². The second-order valence-electron chi connectivity index (χ2n) is 2.50. The highest BCUT2D eigenvalue weighted by atomic mass is 32.1. The molecule has 2 nitrogen and oxygen atoms in total. The topological polar surface area (TPSA) is 21.3 Å². The fourth-order valence-corrected chi connectivity index (χ4v) is 1.25. The van der Waals surface area contributed by atoms with E-state index in [1.54, 1.807) is 6.07 Å². The fraction of sp³-hybridized carbons (Fsp3) is 0.125. The highest BCUT2D eigenvalue weighted by molar-refractivity contribution is 7.80. The van der Waals surface area contributed by atoms with Gasteiger partial charge in [0, 0.05) is 12.1 Å². The van der Waals surface area contributed by atoms with E-state index in [-0.39, 0.29) is 5.82 Å². The van der Waals surface area contributed by atoms with Gasteiger partial charge in [-0.05, 0) is 30.4 Å². The second-order valence-corrected chi connectivity index (χ2v) is 2.87. The van der Waals surface area contributed by atoms with Crippen molar-refractivity contribution in [1.82, 2.24) is 5.32 Å². The van der Waals surface area contributed by atoms with Crippen LogP contribution in [0.15, 0.2) is 18.2 Å². The summed E-state index contributed by atoms with van der Waals surface area (Å²) in [5.74, 6) is 0.382. The Morgan fingerprint density at radius 2 is 2.33 bits per heavy atom. The monoisotopic (exact) mass is 183 g/mol. The molecule has 0 spiro atoms. The second kappa shape index (κ2) is 2.71. The molecule has 1 heterocycles. The third-order valence-electron chi connectivity index (χ3n) is 1.65. The standard InChI is InChI=1S/C8H6FNOS/c9-6-1-2-7-5(3-6)4-10-8(12)11-7/h1-3H,4H2,(H,10,12). The molecule has 0 aliphatic carbocycles. The molecule has 12 heavy (non-hydrogen) atoms. The Labute approximate surface area is 74.3 Å². The molecule has 1 aromatic carbocycles.